The molecule has 0 aliphatic rings. The quantitative estimate of drug-likeness (QED) is 0.268. The van der Waals surface area contributed by atoms with Crippen LogP contribution in [0.15, 0.2) is 6.07 Å². The maximum absolute atomic E-state index is 13.0. The lowest BCUT2D eigenvalue weighted by atomic mass is 9.97. The lowest BCUT2D eigenvalue weighted by Crippen LogP contribution is -2.18. The summed E-state index contributed by atoms with van der Waals surface area (Å²) in [5.74, 6) is -4.16. The molecule has 0 radical (unpaired) electrons. The van der Waals surface area contributed by atoms with E-state index in [1.54, 1.807) is 0 Å². The van der Waals surface area contributed by atoms with E-state index in [0.29, 0.717) is 19.3 Å². The Labute approximate surface area is 182 Å². The zero-order chi connectivity index (χ0) is 23.4. The van der Waals surface area contributed by atoms with E-state index >= 15 is 0 Å². The number of rotatable bonds is 13. The third-order valence-electron chi connectivity index (χ3n) is 4.56. The molecule has 0 spiro atoms. The number of ketones is 1. The van der Waals surface area contributed by atoms with E-state index in [-0.39, 0.29) is 30.4 Å². The minimum atomic E-state index is -0.884. The van der Waals surface area contributed by atoms with Crippen LogP contribution in [-0.4, -0.2) is 35.9 Å². The Bertz CT molecular complexity index is 797. The predicted molar refractivity (Wildman–Crippen MR) is 114 cm³/mol. The molecule has 0 aliphatic heterocycles. The minimum absolute atomic E-state index is 0.0610. The molecule has 1 N–H and O–H groups in total. The summed E-state index contributed by atoms with van der Waals surface area (Å²) < 4.78 is 15.4. The molecule has 0 fully saturated rings. The number of hydrogen-bond donors (Lipinski definition) is 1. The van der Waals surface area contributed by atoms with Crippen LogP contribution in [0.4, 0.5) is 0 Å². The molecule has 0 unspecified atom stereocenters. The highest BCUT2D eigenvalue weighted by Crippen LogP contribution is 2.43. The predicted octanol–water partition coefficient (Wildman–Crippen LogP) is 4.74. The van der Waals surface area contributed by atoms with Crippen LogP contribution in [0.3, 0.4) is 0 Å². The van der Waals surface area contributed by atoms with Gasteiger partial charge in [0.25, 0.3) is 0 Å². The Morgan fingerprint density at radius 2 is 1.29 bits per heavy atom. The van der Waals surface area contributed by atoms with Gasteiger partial charge < -0.3 is 19.3 Å². The van der Waals surface area contributed by atoms with Gasteiger partial charge in [0.15, 0.2) is 17.3 Å². The molecule has 0 atom stereocenters. The van der Waals surface area contributed by atoms with Gasteiger partial charge in [-0.15, -0.1) is 0 Å². The average molecular weight is 437 g/mol. The number of benzene rings is 1. The van der Waals surface area contributed by atoms with Crippen molar-refractivity contribution in [1.82, 2.24) is 0 Å². The van der Waals surface area contributed by atoms with Crippen LogP contribution >= 0.6 is 0 Å². The topological polar surface area (TPSA) is 116 Å². The summed E-state index contributed by atoms with van der Waals surface area (Å²) >= 11 is 0. The maximum atomic E-state index is 13.0. The molecule has 172 valence electrons. The van der Waals surface area contributed by atoms with E-state index in [1.165, 1.54) is 0 Å². The smallest absolute Gasteiger partial charge is 0.338 e. The van der Waals surface area contributed by atoms with Crippen molar-refractivity contribution in [3.05, 3.63) is 17.2 Å². The normalized spacial score (nSPS) is 10.5. The molecule has 0 bridgehead atoms. The Morgan fingerprint density at radius 3 is 1.77 bits per heavy atom. The standard InChI is InChI=1S/C23H32O8/c1-5-8-11-16(24)20-15(23(28)29-4)14-17(25)21(30-18(26)12-9-6-2)22(20)31-19(27)13-10-7-3/h14,25H,5-13H2,1-4H3. The Kier molecular flexibility index (Phi) is 11.3. The number of unbranched alkanes of at least 4 members (excludes halogenated alkanes) is 3. The summed E-state index contributed by atoms with van der Waals surface area (Å²) in [5.41, 5.74) is -0.492. The summed E-state index contributed by atoms with van der Waals surface area (Å²) in [5, 5.41) is 10.5. The van der Waals surface area contributed by atoms with Crippen LogP contribution in [0, 0.1) is 0 Å². The molecule has 8 nitrogen and oxygen atoms in total. The van der Waals surface area contributed by atoms with E-state index in [0.717, 1.165) is 32.4 Å². The van der Waals surface area contributed by atoms with Crippen LogP contribution in [0.5, 0.6) is 17.2 Å². The number of esters is 3. The molecule has 31 heavy (non-hydrogen) atoms. The van der Waals surface area contributed by atoms with Crippen molar-refractivity contribution < 1.29 is 38.5 Å². The van der Waals surface area contributed by atoms with Crippen LogP contribution in [0.2, 0.25) is 0 Å². The van der Waals surface area contributed by atoms with Gasteiger partial charge in [0.1, 0.15) is 0 Å². The van der Waals surface area contributed by atoms with E-state index in [2.05, 4.69) is 0 Å². The van der Waals surface area contributed by atoms with Gasteiger partial charge in [0.2, 0.25) is 5.75 Å². The van der Waals surface area contributed by atoms with Crippen LogP contribution in [-0.2, 0) is 14.3 Å². The molecule has 1 aromatic carbocycles. The second kappa shape index (κ2) is 13.4. The van der Waals surface area contributed by atoms with Gasteiger partial charge >= 0.3 is 17.9 Å². The highest BCUT2D eigenvalue weighted by Gasteiger charge is 2.31. The van der Waals surface area contributed by atoms with Crippen molar-refractivity contribution in [1.29, 1.82) is 0 Å². The molecule has 8 heteroatoms. The maximum Gasteiger partial charge on any atom is 0.338 e. The first-order valence-electron chi connectivity index (χ1n) is 10.7. The monoisotopic (exact) mass is 436 g/mol. The van der Waals surface area contributed by atoms with Crippen molar-refractivity contribution in [2.45, 2.75) is 78.6 Å². The second-order valence-corrected chi connectivity index (χ2v) is 7.15. The van der Waals surface area contributed by atoms with Crippen molar-refractivity contribution in [2.24, 2.45) is 0 Å². The van der Waals surface area contributed by atoms with Gasteiger partial charge in [-0.1, -0.05) is 40.0 Å². The van der Waals surface area contributed by atoms with Gasteiger partial charge in [0, 0.05) is 19.3 Å². The number of carbonyl (C=O) groups excluding carboxylic acids is 4. The van der Waals surface area contributed by atoms with Crippen LogP contribution in [0.1, 0.15) is 99.3 Å². The molecule has 0 saturated carbocycles. The number of hydrogen-bond acceptors (Lipinski definition) is 8. The summed E-state index contributed by atoms with van der Waals surface area (Å²) in [4.78, 5) is 49.8. The summed E-state index contributed by atoms with van der Waals surface area (Å²) in [6.45, 7) is 5.71. The summed E-state index contributed by atoms with van der Waals surface area (Å²) in [7, 11) is 1.13. The van der Waals surface area contributed by atoms with Crippen molar-refractivity contribution >= 4 is 23.7 Å². The number of aromatic hydroxyl groups is 1. The van der Waals surface area contributed by atoms with Crippen LogP contribution in [0.25, 0.3) is 0 Å². The Morgan fingerprint density at radius 1 is 0.806 bits per heavy atom. The van der Waals surface area contributed by atoms with Crippen LogP contribution < -0.4 is 9.47 Å². The molecule has 0 aliphatic carbocycles. The largest absolute Gasteiger partial charge is 0.504 e. The third kappa shape index (κ3) is 7.70. The van der Waals surface area contributed by atoms with E-state index in [4.69, 9.17) is 14.2 Å². The number of phenolic OH excluding ortho intramolecular Hbond substituents is 1. The van der Waals surface area contributed by atoms with E-state index < -0.39 is 40.9 Å². The number of phenols is 1. The molecule has 0 heterocycles. The zero-order valence-electron chi connectivity index (χ0n) is 18.7. The zero-order valence-corrected chi connectivity index (χ0v) is 18.7. The lowest BCUT2D eigenvalue weighted by Gasteiger charge is -2.18. The van der Waals surface area contributed by atoms with E-state index in [9.17, 15) is 24.3 Å². The summed E-state index contributed by atoms with van der Waals surface area (Å²) in [6, 6.07) is 0.997. The fourth-order valence-electron chi connectivity index (χ4n) is 2.80. The van der Waals surface area contributed by atoms with Gasteiger partial charge in [-0.2, -0.15) is 0 Å². The molecule has 0 saturated heterocycles. The first-order chi connectivity index (χ1) is 14.8. The Balaban J connectivity index is 3.61. The number of Topliss-reactive ketones (excluding diaryl/α,β-unsaturated/α-hetero) is 1. The molecule has 1 aromatic rings. The molecular weight excluding hydrogens is 404 g/mol. The van der Waals surface area contributed by atoms with Crippen molar-refractivity contribution in [3.8, 4) is 17.2 Å². The van der Waals surface area contributed by atoms with Crippen molar-refractivity contribution in [2.75, 3.05) is 7.11 Å². The minimum Gasteiger partial charge on any atom is -0.504 e. The van der Waals surface area contributed by atoms with Crippen molar-refractivity contribution in [3.63, 3.8) is 0 Å². The SMILES string of the molecule is CCCCC(=O)Oc1c(O)cc(C(=O)OC)c(C(=O)CCCC)c1OC(=O)CCCC. The first kappa shape index (κ1) is 26.1. The fourth-order valence-corrected chi connectivity index (χ4v) is 2.80. The highest BCUT2D eigenvalue weighted by molar-refractivity contribution is 6.10. The fraction of sp³-hybridized carbons (Fsp3) is 0.565. The number of carbonyl (C=O) groups is 4. The molecular formula is C23H32O8. The van der Waals surface area contributed by atoms with E-state index in [1.807, 2.05) is 20.8 Å². The highest BCUT2D eigenvalue weighted by atomic mass is 16.6. The molecule has 0 aromatic heterocycles. The molecule has 0 amide bonds. The van der Waals surface area contributed by atoms with Gasteiger partial charge in [-0.3, -0.25) is 14.4 Å². The first-order valence-corrected chi connectivity index (χ1v) is 10.7. The third-order valence-corrected chi connectivity index (χ3v) is 4.56. The number of methoxy groups -OCH3 is 1. The number of ether oxygens (including phenoxy) is 3. The second-order valence-electron chi connectivity index (χ2n) is 7.15. The van der Waals surface area contributed by atoms with Gasteiger partial charge in [-0.25, -0.2) is 4.79 Å². The average Bonchev–Trinajstić information content (AvgIpc) is 2.75. The lowest BCUT2D eigenvalue weighted by molar-refractivity contribution is -0.137. The summed E-state index contributed by atoms with van der Waals surface area (Å²) in [6.07, 6.45) is 4.08. The van der Waals surface area contributed by atoms with Gasteiger partial charge in [0.05, 0.1) is 18.2 Å². The Hall–Kier alpha value is -2.90. The van der Waals surface area contributed by atoms with Gasteiger partial charge in [-0.05, 0) is 25.3 Å². The molecule has 1 rings (SSSR count).